The Kier molecular flexibility index (Phi) is 5.53. The van der Waals surface area contributed by atoms with Crippen LogP contribution in [0.25, 0.3) is 9.65 Å². The van der Waals surface area contributed by atoms with Crippen LogP contribution in [0.5, 0.6) is 0 Å². The molecule has 1 saturated heterocycles. The van der Waals surface area contributed by atoms with Gasteiger partial charge in [-0.15, -0.1) is 0 Å². The van der Waals surface area contributed by atoms with Gasteiger partial charge in [-0.05, 0) is 0 Å². The number of hydrogen-bond donors (Lipinski definition) is 4. The number of aliphatic hydroxyl groups is 4. The van der Waals surface area contributed by atoms with Crippen molar-refractivity contribution in [2.24, 2.45) is 0 Å². The molecule has 2 heterocycles. The summed E-state index contributed by atoms with van der Waals surface area (Å²) in [6, 6.07) is 7.42. The van der Waals surface area contributed by atoms with Crippen LogP contribution in [-0.2, 0) is 16.0 Å². The van der Waals surface area contributed by atoms with Gasteiger partial charge in [0.2, 0.25) is 0 Å². The second-order valence-corrected chi connectivity index (χ2v) is 7.79. The summed E-state index contributed by atoms with van der Waals surface area (Å²) in [6.07, 6.45) is -6.49. The van der Waals surface area contributed by atoms with Crippen molar-refractivity contribution < 1.29 is 29.9 Å². The summed E-state index contributed by atoms with van der Waals surface area (Å²) < 4.78 is 13.4. The summed E-state index contributed by atoms with van der Waals surface area (Å²) in [5.74, 6) is 0. The molecule has 0 spiro atoms. The standard InChI is InChI=1S/C15H19NO7Se/c17-7-9-11(18)12(19)13(20)15(23-9)22-6-5-16-14(21)8-3-1-2-4-10(8)24-16/h1-4,9,11-13,15,17-20H,5-7H2/t9?,11-,12+,13?,15-/m1/s1. The van der Waals surface area contributed by atoms with Crippen LogP contribution in [-0.4, -0.2) is 82.6 Å². The molecule has 1 aliphatic heterocycles. The summed E-state index contributed by atoms with van der Waals surface area (Å²) >= 11 is -0.119. The Morgan fingerprint density at radius 2 is 1.92 bits per heavy atom. The third-order valence-corrected chi connectivity index (χ3v) is 6.33. The molecule has 0 aliphatic carbocycles. The molecule has 1 aliphatic rings. The van der Waals surface area contributed by atoms with E-state index in [-0.39, 0.29) is 26.9 Å². The Labute approximate surface area is 143 Å². The fourth-order valence-electron chi connectivity index (χ4n) is 2.62. The van der Waals surface area contributed by atoms with Crippen LogP contribution in [0.1, 0.15) is 0 Å². The van der Waals surface area contributed by atoms with Crippen LogP contribution in [0.3, 0.4) is 0 Å². The molecule has 3 rings (SSSR count). The Balaban J connectivity index is 1.63. The van der Waals surface area contributed by atoms with E-state index in [4.69, 9.17) is 14.6 Å². The fourth-order valence-corrected chi connectivity index (χ4v) is 4.67. The van der Waals surface area contributed by atoms with E-state index in [0.29, 0.717) is 11.9 Å². The SMILES string of the molecule is O=c1c2ccccc2[se]n1CCO[C@@H]1OC(CO)[C@@H](O)[C@H](O)C1O. The van der Waals surface area contributed by atoms with Gasteiger partial charge in [-0.25, -0.2) is 0 Å². The second kappa shape index (κ2) is 7.47. The molecule has 1 aromatic heterocycles. The molecule has 0 bridgehead atoms. The topological polar surface area (TPSA) is 121 Å². The molecule has 1 fully saturated rings. The van der Waals surface area contributed by atoms with Crippen LogP contribution in [0.15, 0.2) is 29.1 Å². The molecule has 4 N–H and O–H groups in total. The zero-order valence-corrected chi connectivity index (χ0v) is 14.4. The van der Waals surface area contributed by atoms with E-state index in [1.807, 2.05) is 18.2 Å². The number of aliphatic hydroxyl groups excluding tert-OH is 4. The summed E-state index contributed by atoms with van der Waals surface area (Å²) in [5.41, 5.74) is -0.0528. The average molecular weight is 404 g/mol. The average Bonchev–Trinajstić information content (AvgIpc) is 2.91. The van der Waals surface area contributed by atoms with Crippen molar-refractivity contribution in [1.29, 1.82) is 0 Å². The van der Waals surface area contributed by atoms with Crippen LogP contribution in [0.4, 0.5) is 0 Å². The first-order valence-corrected chi connectivity index (χ1v) is 9.16. The number of aromatic nitrogens is 1. The van der Waals surface area contributed by atoms with Crippen molar-refractivity contribution in [2.45, 2.75) is 37.3 Å². The van der Waals surface area contributed by atoms with Gasteiger partial charge in [0, 0.05) is 0 Å². The number of ether oxygens (including phenoxy) is 2. The monoisotopic (exact) mass is 405 g/mol. The van der Waals surface area contributed by atoms with Crippen molar-refractivity contribution in [3.8, 4) is 0 Å². The molecule has 0 saturated carbocycles. The van der Waals surface area contributed by atoms with E-state index >= 15 is 0 Å². The number of rotatable bonds is 5. The third-order valence-electron chi connectivity index (χ3n) is 3.98. The van der Waals surface area contributed by atoms with Crippen molar-refractivity contribution >= 4 is 24.4 Å². The van der Waals surface area contributed by atoms with Crippen LogP contribution in [0.2, 0.25) is 0 Å². The first-order valence-electron chi connectivity index (χ1n) is 7.54. The minimum absolute atomic E-state index is 0.0528. The van der Waals surface area contributed by atoms with Gasteiger partial charge in [-0.3, -0.25) is 0 Å². The van der Waals surface area contributed by atoms with Gasteiger partial charge in [0.25, 0.3) is 0 Å². The van der Waals surface area contributed by atoms with Gasteiger partial charge in [-0.2, -0.15) is 0 Å². The maximum atomic E-state index is 12.2. The van der Waals surface area contributed by atoms with Gasteiger partial charge in [0.1, 0.15) is 0 Å². The molecule has 8 nitrogen and oxygen atoms in total. The molecule has 1 aromatic carbocycles. The second-order valence-electron chi connectivity index (χ2n) is 5.56. The third kappa shape index (κ3) is 3.35. The molecule has 9 heteroatoms. The van der Waals surface area contributed by atoms with Crippen molar-refractivity contribution in [1.82, 2.24) is 3.56 Å². The zero-order chi connectivity index (χ0) is 17.3. The number of fused-ring (bicyclic) bond motifs is 1. The van der Waals surface area contributed by atoms with Crippen molar-refractivity contribution in [2.75, 3.05) is 13.2 Å². The van der Waals surface area contributed by atoms with Gasteiger partial charge in [0.15, 0.2) is 0 Å². The van der Waals surface area contributed by atoms with E-state index in [2.05, 4.69) is 0 Å². The molecule has 5 atom stereocenters. The van der Waals surface area contributed by atoms with Crippen LogP contribution in [0, 0.1) is 0 Å². The van der Waals surface area contributed by atoms with Crippen LogP contribution >= 0.6 is 0 Å². The predicted octanol–water partition coefficient (Wildman–Crippen LogP) is -2.12. The van der Waals surface area contributed by atoms with Gasteiger partial charge in [-0.1, -0.05) is 0 Å². The molecule has 2 unspecified atom stereocenters. The first kappa shape index (κ1) is 17.8. The van der Waals surface area contributed by atoms with E-state index in [1.165, 1.54) is 0 Å². The summed E-state index contributed by atoms with van der Waals surface area (Å²) in [5, 5.41) is 39.1. The van der Waals surface area contributed by atoms with Crippen molar-refractivity contribution in [3.63, 3.8) is 0 Å². The Morgan fingerprint density at radius 3 is 2.62 bits per heavy atom. The predicted molar refractivity (Wildman–Crippen MR) is 84.9 cm³/mol. The number of hydrogen-bond acceptors (Lipinski definition) is 7. The molecular weight excluding hydrogens is 385 g/mol. The summed E-state index contributed by atoms with van der Waals surface area (Å²) in [4.78, 5) is 12.2. The fraction of sp³-hybridized carbons (Fsp3) is 0.533. The summed E-state index contributed by atoms with van der Waals surface area (Å²) in [6.45, 7) is -0.0828. The minimum atomic E-state index is -1.47. The molecular formula is C15H19NO7Se. The van der Waals surface area contributed by atoms with E-state index < -0.39 is 37.3 Å². The molecule has 0 amide bonds. The quantitative estimate of drug-likeness (QED) is 0.421. The maximum absolute atomic E-state index is 12.2. The van der Waals surface area contributed by atoms with Gasteiger partial charge >= 0.3 is 143 Å². The Morgan fingerprint density at radius 1 is 1.17 bits per heavy atom. The summed E-state index contributed by atoms with van der Waals surface area (Å²) in [7, 11) is 0. The number of nitrogens with zero attached hydrogens (tertiary/aromatic N) is 1. The molecule has 132 valence electrons. The van der Waals surface area contributed by atoms with Gasteiger partial charge in [0.05, 0.1) is 0 Å². The molecule has 0 radical (unpaired) electrons. The van der Waals surface area contributed by atoms with Gasteiger partial charge < -0.3 is 0 Å². The molecule has 24 heavy (non-hydrogen) atoms. The number of benzene rings is 1. The van der Waals surface area contributed by atoms with E-state index in [9.17, 15) is 20.1 Å². The van der Waals surface area contributed by atoms with E-state index in [0.717, 1.165) is 4.26 Å². The van der Waals surface area contributed by atoms with Crippen LogP contribution < -0.4 is 5.56 Å². The normalized spacial score (nSPS) is 30.8. The van der Waals surface area contributed by atoms with E-state index in [1.54, 1.807) is 9.63 Å². The van der Waals surface area contributed by atoms with Crippen molar-refractivity contribution in [3.05, 3.63) is 34.6 Å². The Bertz CT molecular complexity index is 743. The Hall–Kier alpha value is -1.03. The first-order chi connectivity index (χ1) is 11.5. The molecule has 2 aromatic rings. The zero-order valence-electron chi connectivity index (χ0n) is 12.7.